The summed E-state index contributed by atoms with van der Waals surface area (Å²) in [5, 5.41) is 3.71. The smallest absolute Gasteiger partial charge is 0.0122 e. The van der Waals surface area contributed by atoms with Crippen LogP contribution in [0.15, 0.2) is 0 Å². The molecule has 0 aliphatic carbocycles. The van der Waals surface area contributed by atoms with E-state index in [0.29, 0.717) is 0 Å². The quantitative estimate of drug-likeness (QED) is 0.757. The lowest BCUT2D eigenvalue weighted by Crippen LogP contribution is -2.47. The first-order valence-electron chi connectivity index (χ1n) is 6.76. The van der Waals surface area contributed by atoms with Crippen LogP contribution in [-0.2, 0) is 0 Å². The van der Waals surface area contributed by atoms with E-state index in [4.69, 9.17) is 0 Å². The van der Waals surface area contributed by atoms with Crippen LogP contribution in [0.1, 0.15) is 32.1 Å². The van der Waals surface area contributed by atoms with Gasteiger partial charge in [0.2, 0.25) is 0 Å². The Hall–Kier alpha value is -0.120. The van der Waals surface area contributed by atoms with E-state index >= 15 is 0 Å². The molecule has 94 valence electrons. The number of nitrogens with zero attached hydrogens (tertiary/aromatic N) is 2. The van der Waals surface area contributed by atoms with Crippen LogP contribution < -0.4 is 5.32 Å². The zero-order valence-electron chi connectivity index (χ0n) is 11.1. The fourth-order valence-corrected chi connectivity index (χ4v) is 3.21. The molecule has 2 saturated heterocycles. The Kier molecular flexibility index (Phi) is 4.22. The Morgan fingerprint density at radius 3 is 2.19 bits per heavy atom. The first kappa shape index (κ1) is 12.3. The number of hydrogen-bond acceptors (Lipinski definition) is 3. The van der Waals surface area contributed by atoms with Crippen molar-refractivity contribution in [2.75, 3.05) is 34.2 Å². The van der Waals surface area contributed by atoms with Crippen molar-refractivity contribution in [3.05, 3.63) is 0 Å². The average molecular weight is 225 g/mol. The highest BCUT2D eigenvalue weighted by molar-refractivity contribution is 4.95. The Bertz CT molecular complexity index is 205. The summed E-state index contributed by atoms with van der Waals surface area (Å²) in [6.45, 7) is 2.46. The SMILES string of the molecule is CN(C)CCCN(C)C1CC2CCC(C1)N2. The first-order chi connectivity index (χ1) is 7.65. The van der Waals surface area contributed by atoms with Gasteiger partial charge < -0.3 is 15.1 Å². The molecular weight excluding hydrogens is 198 g/mol. The van der Waals surface area contributed by atoms with Crippen LogP contribution in [0.4, 0.5) is 0 Å². The summed E-state index contributed by atoms with van der Waals surface area (Å²) in [5.41, 5.74) is 0. The molecular formula is C13H27N3. The highest BCUT2D eigenvalue weighted by Crippen LogP contribution is 2.29. The van der Waals surface area contributed by atoms with Crippen molar-refractivity contribution in [3.8, 4) is 0 Å². The number of fused-ring (bicyclic) bond motifs is 2. The van der Waals surface area contributed by atoms with E-state index in [2.05, 4.69) is 36.3 Å². The maximum atomic E-state index is 3.71. The third-order valence-corrected chi connectivity index (χ3v) is 4.19. The number of rotatable bonds is 5. The predicted molar refractivity (Wildman–Crippen MR) is 68.8 cm³/mol. The Morgan fingerprint density at radius 2 is 1.62 bits per heavy atom. The van der Waals surface area contributed by atoms with Crippen molar-refractivity contribution in [3.63, 3.8) is 0 Å². The van der Waals surface area contributed by atoms with Crippen LogP contribution >= 0.6 is 0 Å². The summed E-state index contributed by atoms with van der Waals surface area (Å²) in [4.78, 5) is 4.87. The number of piperidine rings is 1. The van der Waals surface area contributed by atoms with Crippen molar-refractivity contribution in [2.45, 2.75) is 50.2 Å². The fourth-order valence-electron chi connectivity index (χ4n) is 3.21. The normalized spacial score (nSPS) is 33.9. The van der Waals surface area contributed by atoms with Gasteiger partial charge in [0, 0.05) is 18.1 Å². The van der Waals surface area contributed by atoms with Gasteiger partial charge in [-0.25, -0.2) is 0 Å². The lowest BCUT2D eigenvalue weighted by molar-refractivity contribution is 0.166. The van der Waals surface area contributed by atoms with Crippen molar-refractivity contribution in [2.24, 2.45) is 0 Å². The van der Waals surface area contributed by atoms with Gasteiger partial charge in [-0.15, -0.1) is 0 Å². The molecule has 2 aliphatic rings. The third kappa shape index (κ3) is 3.19. The standard InChI is InChI=1S/C13H27N3/c1-15(2)7-4-8-16(3)13-9-11-5-6-12(10-13)14-11/h11-14H,4-10H2,1-3H3. The maximum Gasteiger partial charge on any atom is 0.0122 e. The van der Waals surface area contributed by atoms with Crippen molar-refractivity contribution < 1.29 is 0 Å². The van der Waals surface area contributed by atoms with E-state index in [-0.39, 0.29) is 0 Å². The molecule has 1 N–H and O–H groups in total. The molecule has 2 heterocycles. The molecule has 2 rings (SSSR count). The van der Waals surface area contributed by atoms with E-state index in [1.54, 1.807) is 0 Å². The molecule has 16 heavy (non-hydrogen) atoms. The molecule has 0 saturated carbocycles. The van der Waals surface area contributed by atoms with Gasteiger partial charge in [0.25, 0.3) is 0 Å². The van der Waals surface area contributed by atoms with E-state index < -0.39 is 0 Å². The summed E-state index contributed by atoms with van der Waals surface area (Å²) in [7, 11) is 6.63. The van der Waals surface area contributed by atoms with E-state index in [1.165, 1.54) is 45.2 Å². The summed E-state index contributed by atoms with van der Waals surface area (Å²) in [6, 6.07) is 2.47. The largest absolute Gasteiger partial charge is 0.311 e. The van der Waals surface area contributed by atoms with Crippen molar-refractivity contribution in [1.29, 1.82) is 0 Å². The number of hydrogen-bond donors (Lipinski definition) is 1. The fraction of sp³-hybridized carbons (Fsp3) is 1.00. The monoisotopic (exact) mass is 225 g/mol. The molecule has 2 fully saturated rings. The van der Waals surface area contributed by atoms with Gasteiger partial charge in [0.1, 0.15) is 0 Å². The molecule has 0 radical (unpaired) electrons. The summed E-state index contributed by atoms with van der Waals surface area (Å²) >= 11 is 0. The van der Waals surface area contributed by atoms with Crippen molar-refractivity contribution >= 4 is 0 Å². The van der Waals surface area contributed by atoms with Gasteiger partial charge in [-0.3, -0.25) is 0 Å². The zero-order valence-corrected chi connectivity index (χ0v) is 11.1. The van der Waals surface area contributed by atoms with Gasteiger partial charge in [-0.2, -0.15) is 0 Å². The lowest BCUT2D eigenvalue weighted by Gasteiger charge is -2.35. The highest BCUT2D eigenvalue weighted by atomic mass is 15.2. The molecule has 0 spiro atoms. The van der Waals surface area contributed by atoms with Crippen LogP contribution in [-0.4, -0.2) is 62.2 Å². The minimum Gasteiger partial charge on any atom is -0.311 e. The second-order valence-corrected chi connectivity index (χ2v) is 5.90. The van der Waals surface area contributed by atoms with Gasteiger partial charge in [-0.05, 0) is 66.3 Å². The Morgan fingerprint density at radius 1 is 1.00 bits per heavy atom. The first-order valence-corrected chi connectivity index (χ1v) is 6.76. The molecule has 0 amide bonds. The molecule has 0 aromatic rings. The molecule has 2 aliphatic heterocycles. The average Bonchev–Trinajstić information content (AvgIpc) is 2.57. The second-order valence-electron chi connectivity index (χ2n) is 5.90. The third-order valence-electron chi connectivity index (χ3n) is 4.19. The van der Waals surface area contributed by atoms with E-state index in [1.807, 2.05) is 0 Å². The molecule has 0 aromatic heterocycles. The van der Waals surface area contributed by atoms with Gasteiger partial charge in [0.15, 0.2) is 0 Å². The topological polar surface area (TPSA) is 18.5 Å². The predicted octanol–water partition coefficient (Wildman–Crippen LogP) is 1.15. The molecule has 3 nitrogen and oxygen atoms in total. The molecule has 0 aromatic carbocycles. The number of nitrogens with one attached hydrogen (secondary N) is 1. The Balaban J connectivity index is 1.70. The van der Waals surface area contributed by atoms with Crippen LogP contribution in [0.3, 0.4) is 0 Å². The van der Waals surface area contributed by atoms with E-state index in [0.717, 1.165) is 18.1 Å². The molecule has 2 atom stereocenters. The van der Waals surface area contributed by atoms with Crippen LogP contribution in [0.2, 0.25) is 0 Å². The Labute approximate surface area is 100 Å². The minimum atomic E-state index is 0.819. The van der Waals surface area contributed by atoms with Crippen LogP contribution in [0.5, 0.6) is 0 Å². The summed E-state index contributed by atoms with van der Waals surface area (Å²) < 4.78 is 0. The highest BCUT2D eigenvalue weighted by Gasteiger charge is 2.34. The van der Waals surface area contributed by atoms with Gasteiger partial charge in [-0.1, -0.05) is 0 Å². The van der Waals surface area contributed by atoms with Crippen LogP contribution in [0.25, 0.3) is 0 Å². The summed E-state index contributed by atoms with van der Waals surface area (Å²) in [6.07, 6.45) is 6.85. The van der Waals surface area contributed by atoms with Gasteiger partial charge >= 0.3 is 0 Å². The zero-order chi connectivity index (χ0) is 11.5. The summed E-state index contributed by atoms with van der Waals surface area (Å²) in [5.74, 6) is 0. The van der Waals surface area contributed by atoms with Gasteiger partial charge in [0.05, 0.1) is 0 Å². The lowest BCUT2D eigenvalue weighted by atomic mass is 9.98. The van der Waals surface area contributed by atoms with Crippen LogP contribution in [0, 0.1) is 0 Å². The van der Waals surface area contributed by atoms with E-state index in [9.17, 15) is 0 Å². The maximum absolute atomic E-state index is 3.71. The second kappa shape index (κ2) is 5.48. The minimum absolute atomic E-state index is 0.819. The molecule has 3 heteroatoms. The molecule has 2 unspecified atom stereocenters. The van der Waals surface area contributed by atoms with Crippen molar-refractivity contribution in [1.82, 2.24) is 15.1 Å². The molecule has 2 bridgehead atoms.